The second-order valence-electron chi connectivity index (χ2n) is 3.42. The van der Waals surface area contributed by atoms with Gasteiger partial charge in [0.05, 0.1) is 6.10 Å². The van der Waals surface area contributed by atoms with Gasteiger partial charge in [0, 0.05) is 13.6 Å². The monoisotopic (exact) mass is 213 g/mol. The lowest BCUT2D eigenvalue weighted by Crippen LogP contribution is -2.35. The molecule has 0 aromatic carbocycles. The van der Waals surface area contributed by atoms with Crippen LogP contribution in [0.4, 0.5) is 5.95 Å². The third kappa shape index (κ3) is 3.55. The second kappa shape index (κ2) is 4.74. The van der Waals surface area contributed by atoms with Gasteiger partial charge >= 0.3 is 0 Å². The van der Waals surface area contributed by atoms with Crippen molar-refractivity contribution < 1.29 is 9.90 Å². The summed E-state index contributed by atoms with van der Waals surface area (Å²) < 4.78 is 1.36. The second-order valence-corrected chi connectivity index (χ2v) is 3.42. The lowest BCUT2D eigenvalue weighted by Gasteiger charge is -2.18. The van der Waals surface area contributed by atoms with Crippen molar-refractivity contribution in [2.24, 2.45) is 0 Å². The van der Waals surface area contributed by atoms with Crippen molar-refractivity contribution >= 4 is 11.9 Å². The van der Waals surface area contributed by atoms with Crippen LogP contribution in [0.25, 0.3) is 0 Å². The number of nitrogen functional groups attached to an aromatic ring is 1. The molecule has 1 amide bonds. The Morgan fingerprint density at radius 2 is 2.47 bits per heavy atom. The number of amides is 1. The van der Waals surface area contributed by atoms with Crippen LogP contribution in [0.3, 0.4) is 0 Å². The first kappa shape index (κ1) is 11.4. The molecular formula is C8H15N5O2. The first-order valence-corrected chi connectivity index (χ1v) is 4.56. The highest BCUT2D eigenvalue weighted by atomic mass is 16.3. The minimum Gasteiger partial charge on any atom is -0.392 e. The highest BCUT2D eigenvalue weighted by molar-refractivity contribution is 5.75. The number of nitrogens with zero attached hydrogens (tertiary/aromatic N) is 4. The van der Waals surface area contributed by atoms with E-state index in [2.05, 4.69) is 10.1 Å². The van der Waals surface area contributed by atoms with E-state index in [1.165, 1.54) is 15.9 Å². The zero-order chi connectivity index (χ0) is 11.4. The molecule has 0 spiro atoms. The lowest BCUT2D eigenvalue weighted by atomic mass is 10.3. The molecule has 1 rings (SSSR count). The number of aliphatic hydroxyl groups is 1. The number of anilines is 1. The Morgan fingerprint density at radius 3 is 2.93 bits per heavy atom. The predicted octanol–water partition coefficient (Wildman–Crippen LogP) is -1.30. The summed E-state index contributed by atoms with van der Waals surface area (Å²) in [6.45, 7) is 1.99. The summed E-state index contributed by atoms with van der Waals surface area (Å²) in [4.78, 5) is 16.7. The van der Waals surface area contributed by atoms with Crippen molar-refractivity contribution in [1.29, 1.82) is 0 Å². The van der Waals surface area contributed by atoms with Crippen molar-refractivity contribution in [2.45, 2.75) is 19.6 Å². The van der Waals surface area contributed by atoms with E-state index in [9.17, 15) is 4.79 Å². The normalized spacial score (nSPS) is 12.5. The van der Waals surface area contributed by atoms with Crippen molar-refractivity contribution in [2.75, 3.05) is 19.3 Å². The first-order chi connectivity index (χ1) is 6.99. The van der Waals surface area contributed by atoms with Crippen molar-refractivity contribution in [3.8, 4) is 0 Å². The Morgan fingerprint density at radius 1 is 1.80 bits per heavy atom. The van der Waals surface area contributed by atoms with Gasteiger partial charge in [-0.15, -0.1) is 5.10 Å². The fourth-order valence-corrected chi connectivity index (χ4v) is 1.14. The lowest BCUT2D eigenvalue weighted by molar-refractivity contribution is -0.131. The molecule has 7 nitrogen and oxygen atoms in total. The SMILES string of the molecule is CC(O)CN(C)C(=O)Cn1cnc(N)n1. The van der Waals surface area contributed by atoms with E-state index in [-0.39, 0.29) is 18.4 Å². The van der Waals surface area contributed by atoms with Gasteiger partial charge in [0.15, 0.2) is 0 Å². The molecule has 1 atom stereocenters. The van der Waals surface area contributed by atoms with Gasteiger partial charge < -0.3 is 15.7 Å². The number of rotatable bonds is 4. The molecule has 1 unspecified atom stereocenters. The van der Waals surface area contributed by atoms with Crippen LogP contribution >= 0.6 is 0 Å². The molecule has 0 bridgehead atoms. The number of carbonyl (C=O) groups is 1. The van der Waals surface area contributed by atoms with Gasteiger partial charge in [0.1, 0.15) is 12.9 Å². The van der Waals surface area contributed by atoms with Crippen LogP contribution in [-0.4, -0.2) is 50.4 Å². The van der Waals surface area contributed by atoms with E-state index in [0.717, 1.165) is 0 Å². The Kier molecular flexibility index (Phi) is 3.62. The maximum Gasteiger partial charge on any atom is 0.244 e. The predicted molar refractivity (Wildman–Crippen MR) is 53.8 cm³/mol. The molecule has 0 aliphatic rings. The summed E-state index contributed by atoms with van der Waals surface area (Å²) in [6.07, 6.45) is 0.850. The number of aromatic nitrogens is 3. The Labute approximate surface area is 87.5 Å². The first-order valence-electron chi connectivity index (χ1n) is 4.56. The zero-order valence-corrected chi connectivity index (χ0v) is 8.79. The summed E-state index contributed by atoms with van der Waals surface area (Å²) in [5.74, 6) is -0.0122. The highest BCUT2D eigenvalue weighted by Gasteiger charge is 2.12. The number of hydrogen-bond donors (Lipinski definition) is 2. The van der Waals surface area contributed by atoms with E-state index in [1.807, 2.05) is 0 Å². The highest BCUT2D eigenvalue weighted by Crippen LogP contribution is 1.94. The molecule has 3 N–H and O–H groups in total. The quantitative estimate of drug-likeness (QED) is 0.648. The molecule has 0 radical (unpaired) electrons. The molecule has 0 fully saturated rings. The van der Waals surface area contributed by atoms with Crippen LogP contribution in [0.1, 0.15) is 6.92 Å². The van der Waals surface area contributed by atoms with Gasteiger partial charge in [-0.1, -0.05) is 0 Å². The van der Waals surface area contributed by atoms with E-state index < -0.39 is 6.10 Å². The van der Waals surface area contributed by atoms with Crippen LogP contribution in [-0.2, 0) is 11.3 Å². The van der Waals surface area contributed by atoms with E-state index in [0.29, 0.717) is 6.54 Å². The molecule has 1 heterocycles. The maximum absolute atomic E-state index is 11.5. The molecule has 7 heteroatoms. The molecule has 15 heavy (non-hydrogen) atoms. The van der Waals surface area contributed by atoms with Gasteiger partial charge in [-0.25, -0.2) is 9.67 Å². The van der Waals surface area contributed by atoms with Crippen molar-refractivity contribution in [1.82, 2.24) is 19.7 Å². The summed E-state index contributed by atoms with van der Waals surface area (Å²) in [5, 5.41) is 12.9. The number of hydrogen-bond acceptors (Lipinski definition) is 5. The third-order valence-corrected chi connectivity index (χ3v) is 1.82. The van der Waals surface area contributed by atoms with Crippen LogP contribution in [0.5, 0.6) is 0 Å². The molecule has 84 valence electrons. The summed E-state index contributed by atoms with van der Waals surface area (Å²) >= 11 is 0. The van der Waals surface area contributed by atoms with Crippen LogP contribution in [0.15, 0.2) is 6.33 Å². The minimum atomic E-state index is -0.542. The Balaban J connectivity index is 2.48. The summed E-state index contributed by atoms with van der Waals surface area (Å²) in [6, 6.07) is 0. The topological polar surface area (TPSA) is 97.3 Å². The number of likely N-dealkylation sites (N-methyl/N-ethyl adjacent to an activating group) is 1. The fraction of sp³-hybridized carbons (Fsp3) is 0.625. The standard InChI is InChI=1S/C8H15N5O2/c1-6(14)3-12(2)7(15)4-13-5-10-8(9)11-13/h5-6,14H,3-4H2,1-2H3,(H2,9,11). The van der Waals surface area contributed by atoms with Crippen LogP contribution < -0.4 is 5.73 Å². The van der Waals surface area contributed by atoms with E-state index in [4.69, 9.17) is 10.8 Å². The number of carbonyl (C=O) groups excluding carboxylic acids is 1. The van der Waals surface area contributed by atoms with Crippen molar-refractivity contribution in [3.05, 3.63) is 6.33 Å². The average molecular weight is 213 g/mol. The molecule has 0 saturated heterocycles. The van der Waals surface area contributed by atoms with Gasteiger partial charge in [-0.3, -0.25) is 4.79 Å². The molecule has 0 saturated carbocycles. The van der Waals surface area contributed by atoms with Gasteiger partial charge in [-0.2, -0.15) is 0 Å². The molecule has 1 aromatic rings. The third-order valence-electron chi connectivity index (χ3n) is 1.82. The molecular weight excluding hydrogens is 198 g/mol. The molecule has 1 aromatic heterocycles. The maximum atomic E-state index is 11.5. The number of aliphatic hydroxyl groups excluding tert-OH is 1. The van der Waals surface area contributed by atoms with Gasteiger partial charge in [-0.05, 0) is 6.92 Å². The van der Waals surface area contributed by atoms with E-state index >= 15 is 0 Å². The fourth-order valence-electron chi connectivity index (χ4n) is 1.14. The van der Waals surface area contributed by atoms with Gasteiger partial charge in [0.2, 0.25) is 11.9 Å². The largest absolute Gasteiger partial charge is 0.392 e. The molecule has 0 aliphatic carbocycles. The Bertz CT molecular complexity index is 336. The van der Waals surface area contributed by atoms with Crippen molar-refractivity contribution in [3.63, 3.8) is 0 Å². The minimum absolute atomic E-state index is 0.0768. The van der Waals surface area contributed by atoms with Crippen LogP contribution in [0.2, 0.25) is 0 Å². The summed E-state index contributed by atoms with van der Waals surface area (Å²) in [7, 11) is 1.62. The summed E-state index contributed by atoms with van der Waals surface area (Å²) in [5.41, 5.74) is 5.30. The zero-order valence-electron chi connectivity index (χ0n) is 8.79. The smallest absolute Gasteiger partial charge is 0.244 e. The average Bonchev–Trinajstić information content (AvgIpc) is 2.50. The van der Waals surface area contributed by atoms with E-state index in [1.54, 1.807) is 14.0 Å². The molecule has 0 aliphatic heterocycles. The number of nitrogens with two attached hydrogens (primary N) is 1. The Hall–Kier alpha value is -1.63. The van der Waals surface area contributed by atoms with Crippen LogP contribution in [0, 0.1) is 0 Å². The van der Waals surface area contributed by atoms with Gasteiger partial charge in [0.25, 0.3) is 0 Å².